The van der Waals surface area contributed by atoms with Crippen LogP contribution in [-0.4, -0.2) is 43.8 Å². The van der Waals surface area contributed by atoms with E-state index in [4.69, 9.17) is 9.97 Å². The number of aromatic amines is 1. The molecule has 0 spiro atoms. The molecule has 3 atom stereocenters. The molecule has 3 aliphatic rings. The molecule has 0 aromatic carbocycles. The van der Waals surface area contributed by atoms with Crippen LogP contribution in [0.3, 0.4) is 0 Å². The average Bonchev–Trinajstić information content (AvgIpc) is 3.53. The zero-order chi connectivity index (χ0) is 22.2. The van der Waals surface area contributed by atoms with Gasteiger partial charge in [-0.15, -0.1) is 0 Å². The number of aryl methyl sites for hydroxylation is 1. The second kappa shape index (κ2) is 8.71. The molecule has 1 unspecified atom stereocenters. The Morgan fingerprint density at radius 3 is 2.59 bits per heavy atom. The number of nitrogens with zero attached hydrogens (tertiary/aromatic N) is 4. The Hall–Kier alpha value is -2.64. The zero-order valence-corrected chi connectivity index (χ0v) is 19.0. The van der Waals surface area contributed by atoms with Crippen LogP contribution in [0, 0.1) is 24.7 Å². The number of aliphatic carboxylic acids is 1. The Bertz CT molecular complexity index is 965. The average molecular weight is 439 g/mol. The molecule has 32 heavy (non-hydrogen) atoms. The number of hydrogen-bond donors (Lipinski definition) is 3. The minimum Gasteiger partial charge on any atom is -0.481 e. The van der Waals surface area contributed by atoms with Crippen molar-refractivity contribution in [1.82, 2.24) is 20.2 Å². The van der Waals surface area contributed by atoms with Crippen LogP contribution in [0.25, 0.3) is 0 Å². The summed E-state index contributed by atoms with van der Waals surface area (Å²) in [4.78, 5) is 23.8. The Morgan fingerprint density at radius 1 is 1.09 bits per heavy atom. The number of nitrogens with one attached hydrogen (secondary N) is 2. The van der Waals surface area contributed by atoms with Gasteiger partial charge in [-0.05, 0) is 44.9 Å². The molecule has 2 aliphatic carbocycles. The third-order valence-electron chi connectivity index (χ3n) is 7.67. The second-order valence-electron chi connectivity index (χ2n) is 10.0. The first kappa shape index (κ1) is 21.2. The van der Waals surface area contributed by atoms with E-state index < -0.39 is 11.9 Å². The molecule has 0 amide bonds. The number of anilines is 3. The summed E-state index contributed by atoms with van der Waals surface area (Å²) in [5.41, 5.74) is 2.03. The van der Waals surface area contributed by atoms with Gasteiger partial charge in [-0.3, -0.25) is 9.89 Å². The first-order chi connectivity index (χ1) is 15.5. The Kier molecular flexibility index (Phi) is 5.78. The number of piperidine rings is 1. The number of hydrogen-bond acceptors (Lipinski definition) is 6. The van der Waals surface area contributed by atoms with Gasteiger partial charge in [0, 0.05) is 42.0 Å². The van der Waals surface area contributed by atoms with Crippen molar-refractivity contribution in [2.75, 3.05) is 16.8 Å². The van der Waals surface area contributed by atoms with E-state index in [0.29, 0.717) is 29.5 Å². The molecule has 8 heteroatoms. The molecule has 5 rings (SSSR count). The van der Waals surface area contributed by atoms with E-state index in [1.807, 2.05) is 19.9 Å². The number of H-pyrrole nitrogens is 1. The molecule has 2 aromatic heterocycles. The fourth-order valence-electron chi connectivity index (χ4n) is 5.63. The highest BCUT2D eigenvalue weighted by molar-refractivity contribution is 5.72. The number of carboxylic acids is 1. The predicted molar refractivity (Wildman–Crippen MR) is 123 cm³/mol. The van der Waals surface area contributed by atoms with E-state index in [2.05, 4.69) is 26.5 Å². The van der Waals surface area contributed by atoms with Crippen LogP contribution in [-0.2, 0) is 4.79 Å². The summed E-state index contributed by atoms with van der Waals surface area (Å²) < 4.78 is 0. The van der Waals surface area contributed by atoms with Crippen molar-refractivity contribution in [3.05, 3.63) is 23.5 Å². The fraction of sp³-hybridized carbons (Fsp3) is 0.667. The summed E-state index contributed by atoms with van der Waals surface area (Å²) >= 11 is 0. The van der Waals surface area contributed by atoms with E-state index in [9.17, 15) is 9.90 Å². The monoisotopic (exact) mass is 438 g/mol. The lowest BCUT2D eigenvalue weighted by Crippen LogP contribution is -2.52. The van der Waals surface area contributed by atoms with Crippen LogP contribution in [0.1, 0.15) is 75.6 Å². The summed E-state index contributed by atoms with van der Waals surface area (Å²) in [6, 6.07) is 3.82. The van der Waals surface area contributed by atoms with Crippen molar-refractivity contribution in [3.8, 4) is 0 Å². The lowest BCUT2D eigenvalue weighted by Gasteiger charge is -2.45. The number of carbonyl (C=O) groups is 1. The summed E-state index contributed by atoms with van der Waals surface area (Å²) in [5, 5.41) is 20.8. The van der Waals surface area contributed by atoms with E-state index in [1.54, 1.807) is 0 Å². The molecule has 1 saturated heterocycles. The maximum absolute atomic E-state index is 12.1. The first-order valence-electron chi connectivity index (χ1n) is 12.2. The number of rotatable bonds is 6. The van der Waals surface area contributed by atoms with E-state index >= 15 is 0 Å². The van der Waals surface area contributed by atoms with Crippen molar-refractivity contribution >= 4 is 23.6 Å². The van der Waals surface area contributed by atoms with Gasteiger partial charge in [-0.1, -0.05) is 32.1 Å². The minimum atomic E-state index is -0.710. The van der Waals surface area contributed by atoms with Gasteiger partial charge in [0.1, 0.15) is 5.82 Å². The van der Waals surface area contributed by atoms with Crippen LogP contribution in [0.5, 0.6) is 0 Å². The molecule has 3 fully saturated rings. The Morgan fingerprint density at radius 2 is 1.88 bits per heavy atom. The largest absolute Gasteiger partial charge is 0.481 e. The summed E-state index contributed by atoms with van der Waals surface area (Å²) in [6.07, 6.45) is 9.44. The quantitative estimate of drug-likeness (QED) is 0.604. The SMILES string of the molecule is Cc1cc(Nc2cc(C3CC3)[nH]n2)nc(N2C[C@@H](C3CCCCC3)C[C@@H](C(=O)O)C2C)n1. The van der Waals surface area contributed by atoms with Gasteiger partial charge in [0.05, 0.1) is 5.92 Å². The Balaban J connectivity index is 1.39. The molecular formula is C24H34N6O2. The van der Waals surface area contributed by atoms with Crippen LogP contribution in [0.2, 0.25) is 0 Å². The Labute approximate surface area is 189 Å². The van der Waals surface area contributed by atoms with Crippen molar-refractivity contribution in [2.24, 2.45) is 17.8 Å². The maximum atomic E-state index is 12.1. The predicted octanol–water partition coefficient (Wildman–Crippen LogP) is 4.63. The smallest absolute Gasteiger partial charge is 0.308 e. The molecule has 1 aliphatic heterocycles. The third-order valence-corrected chi connectivity index (χ3v) is 7.67. The van der Waals surface area contributed by atoms with Crippen LogP contribution >= 0.6 is 0 Å². The number of carboxylic acid groups (broad SMARTS) is 1. The van der Waals surface area contributed by atoms with Crippen molar-refractivity contribution in [2.45, 2.75) is 77.2 Å². The highest BCUT2D eigenvalue weighted by Gasteiger charge is 2.41. The summed E-state index contributed by atoms with van der Waals surface area (Å²) in [7, 11) is 0. The van der Waals surface area contributed by atoms with E-state index in [0.717, 1.165) is 24.5 Å². The normalized spacial score (nSPS) is 26.8. The highest BCUT2D eigenvalue weighted by Crippen LogP contribution is 2.41. The van der Waals surface area contributed by atoms with E-state index in [1.165, 1.54) is 50.6 Å². The van der Waals surface area contributed by atoms with Gasteiger partial charge in [-0.2, -0.15) is 10.1 Å². The first-order valence-corrected chi connectivity index (χ1v) is 12.2. The molecule has 8 nitrogen and oxygen atoms in total. The van der Waals surface area contributed by atoms with Crippen molar-refractivity contribution in [1.29, 1.82) is 0 Å². The second-order valence-corrected chi connectivity index (χ2v) is 10.0. The van der Waals surface area contributed by atoms with Crippen LogP contribution < -0.4 is 10.2 Å². The molecule has 172 valence electrons. The van der Waals surface area contributed by atoms with Crippen molar-refractivity contribution < 1.29 is 9.90 Å². The van der Waals surface area contributed by atoms with Gasteiger partial charge in [-0.25, -0.2) is 4.98 Å². The summed E-state index contributed by atoms with van der Waals surface area (Å²) in [5.74, 6) is 2.55. The molecule has 3 N–H and O–H groups in total. The molecular weight excluding hydrogens is 404 g/mol. The molecule has 2 saturated carbocycles. The lowest BCUT2D eigenvalue weighted by molar-refractivity contribution is -0.144. The molecule has 2 aromatic rings. The maximum Gasteiger partial charge on any atom is 0.308 e. The van der Waals surface area contributed by atoms with Gasteiger partial charge in [0.25, 0.3) is 0 Å². The highest BCUT2D eigenvalue weighted by atomic mass is 16.4. The lowest BCUT2D eigenvalue weighted by atomic mass is 9.72. The van der Waals surface area contributed by atoms with E-state index in [-0.39, 0.29) is 6.04 Å². The van der Waals surface area contributed by atoms with Gasteiger partial charge >= 0.3 is 5.97 Å². The van der Waals surface area contributed by atoms with Crippen LogP contribution in [0.4, 0.5) is 17.6 Å². The molecule has 0 bridgehead atoms. The molecule has 0 radical (unpaired) electrons. The fourth-order valence-corrected chi connectivity index (χ4v) is 5.63. The summed E-state index contributed by atoms with van der Waals surface area (Å²) in [6.45, 7) is 4.79. The van der Waals surface area contributed by atoms with Gasteiger partial charge in [0.2, 0.25) is 5.95 Å². The standard InChI is InChI=1S/C24H34N6O2/c1-14-10-21(26-22-12-20(28-29-22)17-8-9-17)27-24(25-14)30-13-18(16-6-4-3-5-7-16)11-19(15(30)2)23(31)32/h10,12,15-19H,3-9,11,13H2,1-2H3,(H,31,32)(H2,25,26,27,28,29)/t15?,18-,19+/m0/s1. The van der Waals surface area contributed by atoms with Gasteiger partial charge < -0.3 is 15.3 Å². The van der Waals surface area contributed by atoms with Crippen LogP contribution in [0.15, 0.2) is 12.1 Å². The van der Waals surface area contributed by atoms with Gasteiger partial charge in [0.15, 0.2) is 5.82 Å². The number of aromatic nitrogens is 4. The third kappa shape index (κ3) is 4.45. The zero-order valence-electron chi connectivity index (χ0n) is 19.0. The minimum absolute atomic E-state index is 0.145. The topological polar surface area (TPSA) is 107 Å². The van der Waals surface area contributed by atoms with Crippen molar-refractivity contribution in [3.63, 3.8) is 0 Å². The molecule has 3 heterocycles.